The van der Waals surface area contributed by atoms with Crippen LogP contribution < -0.4 is 10.6 Å². The Morgan fingerprint density at radius 1 is 1.39 bits per heavy atom. The molecule has 0 radical (unpaired) electrons. The third-order valence-electron chi connectivity index (χ3n) is 3.11. The first-order valence-electron chi connectivity index (χ1n) is 5.94. The standard InChI is InChI=1S/C13H17ClN2O.ClH/c1-9-8-10(14)2-3-12(9)13(17)16-11-4-6-15-7-5-11;/h2-3,8,11,15H,4-7H2,1H3,(H,16,17);1H. The number of amides is 1. The van der Waals surface area contributed by atoms with Gasteiger partial charge in [0.05, 0.1) is 0 Å². The van der Waals surface area contributed by atoms with Crippen LogP contribution in [0.3, 0.4) is 0 Å². The number of piperidine rings is 1. The molecule has 0 atom stereocenters. The molecule has 1 aromatic carbocycles. The number of nitrogens with one attached hydrogen (secondary N) is 2. The molecule has 2 N–H and O–H groups in total. The molecule has 100 valence electrons. The monoisotopic (exact) mass is 288 g/mol. The van der Waals surface area contributed by atoms with Gasteiger partial charge in [-0.25, -0.2) is 0 Å². The van der Waals surface area contributed by atoms with Gasteiger partial charge in [-0.3, -0.25) is 4.79 Å². The van der Waals surface area contributed by atoms with Crippen LogP contribution in [0.4, 0.5) is 0 Å². The molecule has 0 saturated carbocycles. The molecular weight excluding hydrogens is 271 g/mol. The van der Waals surface area contributed by atoms with Crippen LogP contribution >= 0.6 is 24.0 Å². The largest absolute Gasteiger partial charge is 0.349 e. The molecule has 0 aliphatic carbocycles. The van der Waals surface area contributed by atoms with Crippen LogP contribution in [0.2, 0.25) is 5.02 Å². The number of rotatable bonds is 2. The molecule has 0 spiro atoms. The van der Waals surface area contributed by atoms with Crippen LogP contribution in [0.5, 0.6) is 0 Å². The fourth-order valence-electron chi connectivity index (χ4n) is 2.11. The van der Waals surface area contributed by atoms with Crippen molar-refractivity contribution in [3.63, 3.8) is 0 Å². The molecule has 5 heteroatoms. The van der Waals surface area contributed by atoms with Gasteiger partial charge in [-0.2, -0.15) is 0 Å². The Morgan fingerprint density at radius 3 is 2.67 bits per heavy atom. The van der Waals surface area contributed by atoms with Gasteiger partial charge in [0.25, 0.3) is 5.91 Å². The van der Waals surface area contributed by atoms with Crippen molar-refractivity contribution in [1.29, 1.82) is 0 Å². The summed E-state index contributed by atoms with van der Waals surface area (Å²) in [5.41, 5.74) is 1.64. The molecule has 0 bridgehead atoms. The molecule has 1 saturated heterocycles. The number of hydrogen-bond acceptors (Lipinski definition) is 2. The lowest BCUT2D eigenvalue weighted by Gasteiger charge is -2.24. The summed E-state index contributed by atoms with van der Waals surface area (Å²) < 4.78 is 0. The van der Waals surface area contributed by atoms with Crippen LogP contribution in [0.1, 0.15) is 28.8 Å². The molecule has 1 amide bonds. The van der Waals surface area contributed by atoms with Gasteiger partial charge in [-0.05, 0) is 56.6 Å². The minimum atomic E-state index is 0. The molecule has 2 rings (SSSR count). The molecule has 0 aromatic heterocycles. The van der Waals surface area contributed by atoms with Gasteiger partial charge in [0.2, 0.25) is 0 Å². The van der Waals surface area contributed by atoms with Crippen molar-refractivity contribution in [3.05, 3.63) is 34.3 Å². The maximum atomic E-state index is 12.1. The van der Waals surface area contributed by atoms with Gasteiger partial charge in [-0.15, -0.1) is 12.4 Å². The van der Waals surface area contributed by atoms with Crippen molar-refractivity contribution in [3.8, 4) is 0 Å². The summed E-state index contributed by atoms with van der Waals surface area (Å²) in [7, 11) is 0. The van der Waals surface area contributed by atoms with Crippen LogP contribution in [0.25, 0.3) is 0 Å². The van der Waals surface area contributed by atoms with Crippen molar-refractivity contribution in [2.45, 2.75) is 25.8 Å². The number of halogens is 2. The lowest BCUT2D eigenvalue weighted by Crippen LogP contribution is -2.42. The fraction of sp³-hybridized carbons (Fsp3) is 0.462. The third kappa shape index (κ3) is 3.87. The average molecular weight is 289 g/mol. The highest BCUT2D eigenvalue weighted by Crippen LogP contribution is 2.15. The van der Waals surface area contributed by atoms with Crippen molar-refractivity contribution in [2.75, 3.05) is 13.1 Å². The summed E-state index contributed by atoms with van der Waals surface area (Å²) in [6.07, 6.45) is 2.00. The van der Waals surface area contributed by atoms with E-state index in [4.69, 9.17) is 11.6 Å². The van der Waals surface area contributed by atoms with Crippen LogP contribution in [0.15, 0.2) is 18.2 Å². The predicted octanol–water partition coefficient (Wildman–Crippen LogP) is 2.55. The number of benzene rings is 1. The van der Waals surface area contributed by atoms with E-state index in [0.29, 0.717) is 16.6 Å². The first-order chi connectivity index (χ1) is 8.16. The maximum absolute atomic E-state index is 12.1. The molecule has 1 fully saturated rings. The number of carbonyl (C=O) groups is 1. The summed E-state index contributed by atoms with van der Waals surface area (Å²) in [6, 6.07) is 5.65. The molecule has 3 nitrogen and oxygen atoms in total. The second-order valence-electron chi connectivity index (χ2n) is 4.46. The van der Waals surface area contributed by atoms with Crippen molar-refractivity contribution < 1.29 is 4.79 Å². The Kier molecular flexibility index (Phi) is 5.93. The molecule has 1 aromatic rings. The summed E-state index contributed by atoms with van der Waals surface area (Å²) in [6.45, 7) is 3.86. The van der Waals surface area contributed by atoms with E-state index in [-0.39, 0.29) is 18.3 Å². The average Bonchev–Trinajstić information content (AvgIpc) is 2.30. The zero-order valence-corrected chi connectivity index (χ0v) is 11.9. The van der Waals surface area contributed by atoms with Gasteiger partial charge < -0.3 is 10.6 Å². The van der Waals surface area contributed by atoms with E-state index >= 15 is 0 Å². The van der Waals surface area contributed by atoms with E-state index < -0.39 is 0 Å². The van der Waals surface area contributed by atoms with E-state index in [1.807, 2.05) is 13.0 Å². The summed E-state index contributed by atoms with van der Waals surface area (Å²) in [5, 5.41) is 7.02. The lowest BCUT2D eigenvalue weighted by atomic mass is 10.0. The zero-order valence-electron chi connectivity index (χ0n) is 10.3. The second-order valence-corrected chi connectivity index (χ2v) is 4.89. The Balaban J connectivity index is 0.00000162. The molecular formula is C13H18Cl2N2O. The van der Waals surface area contributed by atoms with Gasteiger partial charge in [0.1, 0.15) is 0 Å². The molecule has 0 unspecified atom stereocenters. The quantitative estimate of drug-likeness (QED) is 0.878. The maximum Gasteiger partial charge on any atom is 0.251 e. The van der Waals surface area contributed by atoms with Crippen LogP contribution in [0, 0.1) is 6.92 Å². The smallest absolute Gasteiger partial charge is 0.251 e. The number of aryl methyl sites for hydroxylation is 1. The van der Waals surface area contributed by atoms with E-state index in [0.717, 1.165) is 31.5 Å². The van der Waals surface area contributed by atoms with Gasteiger partial charge in [0.15, 0.2) is 0 Å². The van der Waals surface area contributed by atoms with Crippen LogP contribution in [-0.2, 0) is 0 Å². The van der Waals surface area contributed by atoms with E-state index in [9.17, 15) is 4.79 Å². The van der Waals surface area contributed by atoms with E-state index in [1.54, 1.807) is 12.1 Å². The number of hydrogen-bond donors (Lipinski definition) is 2. The highest BCUT2D eigenvalue weighted by Gasteiger charge is 2.17. The number of carbonyl (C=O) groups excluding carboxylic acids is 1. The zero-order chi connectivity index (χ0) is 12.3. The summed E-state index contributed by atoms with van der Waals surface area (Å²) in [4.78, 5) is 12.1. The Labute approximate surface area is 119 Å². The predicted molar refractivity (Wildman–Crippen MR) is 76.8 cm³/mol. The summed E-state index contributed by atoms with van der Waals surface area (Å²) >= 11 is 5.87. The SMILES string of the molecule is Cc1cc(Cl)ccc1C(=O)NC1CCNCC1.Cl. The molecule has 1 aliphatic heterocycles. The Bertz CT molecular complexity index is 417. The Morgan fingerprint density at radius 2 is 2.06 bits per heavy atom. The van der Waals surface area contributed by atoms with Crippen molar-refractivity contribution in [2.24, 2.45) is 0 Å². The van der Waals surface area contributed by atoms with Crippen LogP contribution in [-0.4, -0.2) is 25.0 Å². The minimum absolute atomic E-state index is 0. The van der Waals surface area contributed by atoms with Crippen molar-refractivity contribution >= 4 is 29.9 Å². The normalized spacial score (nSPS) is 15.9. The first kappa shape index (κ1) is 15.3. The summed E-state index contributed by atoms with van der Waals surface area (Å²) in [5.74, 6) is 0.00562. The van der Waals surface area contributed by atoms with E-state index in [2.05, 4.69) is 10.6 Å². The second kappa shape index (κ2) is 6.98. The highest BCUT2D eigenvalue weighted by atomic mass is 35.5. The molecule has 1 aliphatic rings. The lowest BCUT2D eigenvalue weighted by molar-refractivity contribution is 0.0929. The Hall–Kier alpha value is -0.770. The highest BCUT2D eigenvalue weighted by molar-refractivity contribution is 6.30. The van der Waals surface area contributed by atoms with Gasteiger partial charge in [-0.1, -0.05) is 11.6 Å². The van der Waals surface area contributed by atoms with Gasteiger partial charge >= 0.3 is 0 Å². The molecule has 18 heavy (non-hydrogen) atoms. The first-order valence-corrected chi connectivity index (χ1v) is 6.32. The fourth-order valence-corrected chi connectivity index (χ4v) is 2.34. The van der Waals surface area contributed by atoms with Gasteiger partial charge in [0, 0.05) is 16.6 Å². The minimum Gasteiger partial charge on any atom is -0.349 e. The third-order valence-corrected chi connectivity index (χ3v) is 3.34. The topological polar surface area (TPSA) is 41.1 Å². The van der Waals surface area contributed by atoms with Crippen molar-refractivity contribution in [1.82, 2.24) is 10.6 Å². The van der Waals surface area contributed by atoms with E-state index in [1.165, 1.54) is 0 Å². The molecule has 1 heterocycles.